The van der Waals surface area contributed by atoms with E-state index >= 15 is 0 Å². The molecule has 0 aromatic carbocycles. The number of amides is 2. The summed E-state index contributed by atoms with van der Waals surface area (Å²) in [7, 11) is 0. The first-order valence-electron chi connectivity index (χ1n) is 10.6. The standard InChI is InChI=1S/C22H26ClN5O3.ClH/c23-16-3-4-19(25-14-16)27-22(30)20-18(2-1-9-24-20)26-21(29)15-5-10-28(11-6-15)17-7-12-31-13-8-17;/h1-4,9,14-15,17H,5-8,10-13H2,(H,26,29)(H,25,27,30);1H. The van der Waals surface area contributed by atoms with Crippen LogP contribution in [0.4, 0.5) is 11.5 Å². The van der Waals surface area contributed by atoms with Crippen LogP contribution in [0.2, 0.25) is 5.02 Å². The van der Waals surface area contributed by atoms with Crippen LogP contribution in [0, 0.1) is 5.92 Å². The highest BCUT2D eigenvalue weighted by molar-refractivity contribution is 6.30. The van der Waals surface area contributed by atoms with Crippen LogP contribution in [-0.2, 0) is 9.53 Å². The van der Waals surface area contributed by atoms with E-state index in [1.54, 1.807) is 24.3 Å². The Morgan fingerprint density at radius 3 is 2.47 bits per heavy atom. The molecule has 0 saturated carbocycles. The molecule has 2 aromatic rings. The first kappa shape index (κ1) is 24.4. The Balaban J connectivity index is 0.00000289. The van der Waals surface area contributed by atoms with Gasteiger partial charge in [0.2, 0.25) is 5.91 Å². The van der Waals surface area contributed by atoms with Gasteiger partial charge in [0, 0.05) is 37.6 Å². The maximum atomic E-state index is 12.9. The van der Waals surface area contributed by atoms with Crippen molar-refractivity contribution in [2.75, 3.05) is 36.9 Å². The van der Waals surface area contributed by atoms with Crippen LogP contribution in [0.1, 0.15) is 36.2 Å². The van der Waals surface area contributed by atoms with E-state index in [0.717, 1.165) is 52.0 Å². The summed E-state index contributed by atoms with van der Waals surface area (Å²) in [6.07, 6.45) is 6.71. The van der Waals surface area contributed by atoms with Gasteiger partial charge in [0.05, 0.1) is 10.7 Å². The minimum atomic E-state index is -0.444. The van der Waals surface area contributed by atoms with Crippen molar-refractivity contribution in [1.29, 1.82) is 0 Å². The molecule has 2 aliphatic rings. The van der Waals surface area contributed by atoms with Gasteiger partial charge in [-0.25, -0.2) is 9.97 Å². The average molecular weight is 480 g/mol. The second-order valence-corrected chi connectivity index (χ2v) is 8.29. The summed E-state index contributed by atoms with van der Waals surface area (Å²) in [5, 5.41) is 6.07. The smallest absolute Gasteiger partial charge is 0.277 e. The largest absolute Gasteiger partial charge is 0.381 e. The number of ether oxygens (including phenoxy) is 1. The Labute approximate surface area is 198 Å². The molecule has 4 rings (SSSR count). The van der Waals surface area contributed by atoms with Crippen LogP contribution in [0.5, 0.6) is 0 Å². The van der Waals surface area contributed by atoms with Crippen molar-refractivity contribution in [3.8, 4) is 0 Å². The summed E-state index contributed by atoms with van der Waals surface area (Å²) in [4.78, 5) is 36.3. The first-order valence-corrected chi connectivity index (χ1v) is 11.0. The Hall–Kier alpha value is -2.26. The molecule has 2 N–H and O–H groups in total. The Bertz CT molecular complexity index is 914. The van der Waals surface area contributed by atoms with E-state index in [1.807, 2.05) is 0 Å². The van der Waals surface area contributed by atoms with Crippen LogP contribution in [0.3, 0.4) is 0 Å². The van der Waals surface area contributed by atoms with Gasteiger partial charge in [0.15, 0.2) is 5.69 Å². The quantitative estimate of drug-likeness (QED) is 0.679. The van der Waals surface area contributed by atoms with Gasteiger partial charge in [-0.2, -0.15) is 0 Å². The topological polar surface area (TPSA) is 96.4 Å². The summed E-state index contributed by atoms with van der Waals surface area (Å²) < 4.78 is 5.45. The molecule has 2 aliphatic heterocycles. The van der Waals surface area contributed by atoms with Crippen molar-refractivity contribution in [2.24, 2.45) is 5.92 Å². The van der Waals surface area contributed by atoms with Gasteiger partial charge in [-0.05, 0) is 63.0 Å². The minimum absolute atomic E-state index is 0. The van der Waals surface area contributed by atoms with Crippen LogP contribution in [-0.4, -0.2) is 59.0 Å². The lowest BCUT2D eigenvalue weighted by atomic mass is 9.93. The lowest BCUT2D eigenvalue weighted by Gasteiger charge is -2.38. The van der Waals surface area contributed by atoms with Crippen LogP contribution >= 0.6 is 24.0 Å². The Morgan fingerprint density at radius 1 is 1.03 bits per heavy atom. The van der Waals surface area contributed by atoms with Crippen molar-refractivity contribution < 1.29 is 14.3 Å². The van der Waals surface area contributed by atoms with E-state index in [4.69, 9.17) is 16.3 Å². The molecule has 0 spiro atoms. The SMILES string of the molecule is Cl.O=C(Nc1ccc(Cl)cn1)c1ncccc1NC(=O)C1CCN(C2CCOCC2)CC1. The third-order valence-corrected chi connectivity index (χ3v) is 6.08. The highest BCUT2D eigenvalue weighted by atomic mass is 35.5. The number of pyridine rings is 2. The maximum Gasteiger partial charge on any atom is 0.277 e. The number of rotatable bonds is 5. The number of hydrogen-bond acceptors (Lipinski definition) is 6. The highest BCUT2D eigenvalue weighted by Crippen LogP contribution is 2.25. The van der Waals surface area contributed by atoms with Crippen molar-refractivity contribution >= 4 is 47.3 Å². The molecule has 0 bridgehead atoms. The summed E-state index contributed by atoms with van der Waals surface area (Å²) in [5.41, 5.74) is 0.540. The molecule has 2 aromatic heterocycles. The van der Waals surface area contributed by atoms with Gasteiger partial charge in [-0.15, -0.1) is 12.4 Å². The molecule has 10 heteroatoms. The maximum absolute atomic E-state index is 12.9. The Kier molecular flexibility index (Phi) is 8.81. The summed E-state index contributed by atoms with van der Waals surface area (Å²) >= 11 is 5.83. The number of anilines is 2. The van der Waals surface area contributed by atoms with E-state index in [2.05, 4.69) is 25.5 Å². The molecular weight excluding hydrogens is 453 g/mol. The van der Waals surface area contributed by atoms with Crippen molar-refractivity contribution in [1.82, 2.24) is 14.9 Å². The predicted molar refractivity (Wildman–Crippen MR) is 125 cm³/mol. The molecule has 0 atom stereocenters. The zero-order chi connectivity index (χ0) is 21.6. The van der Waals surface area contributed by atoms with Crippen LogP contribution in [0.25, 0.3) is 0 Å². The van der Waals surface area contributed by atoms with Gasteiger partial charge in [0.1, 0.15) is 5.82 Å². The van der Waals surface area contributed by atoms with Crippen LogP contribution in [0.15, 0.2) is 36.7 Å². The van der Waals surface area contributed by atoms with Gasteiger partial charge in [0.25, 0.3) is 5.91 Å². The molecule has 2 saturated heterocycles. The summed E-state index contributed by atoms with van der Waals surface area (Å²) in [6.45, 7) is 3.46. The van der Waals surface area contributed by atoms with Gasteiger partial charge >= 0.3 is 0 Å². The second-order valence-electron chi connectivity index (χ2n) is 7.86. The number of halogens is 2. The van der Waals surface area contributed by atoms with E-state index in [9.17, 15) is 9.59 Å². The monoisotopic (exact) mass is 479 g/mol. The molecule has 32 heavy (non-hydrogen) atoms. The number of nitrogens with one attached hydrogen (secondary N) is 2. The molecule has 0 aliphatic carbocycles. The Morgan fingerprint density at radius 2 is 1.78 bits per heavy atom. The first-order chi connectivity index (χ1) is 15.1. The number of likely N-dealkylation sites (tertiary alicyclic amines) is 1. The zero-order valence-corrected chi connectivity index (χ0v) is 19.2. The highest BCUT2D eigenvalue weighted by Gasteiger charge is 2.30. The fourth-order valence-electron chi connectivity index (χ4n) is 4.12. The van der Waals surface area contributed by atoms with Crippen LogP contribution < -0.4 is 10.6 Å². The third kappa shape index (κ3) is 6.16. The van der Waals surface area contributed by atoms with Crippen molar-refractivity contribution in [3.63, 3.8) is 0 Å². The molecule has 8 nitrogen and oxygen atoms in total. The lowest BCUT2D eigenvalue weighted by molar-refractivity contribution is -0.121. The molecule has 0 unspecified atom stereocenters. The number of hydrogen-bond donors (Lipinski definition) is 2. The van der Waals surface area contributed by atoms with E-state index in [0.29, 0.717) is 22.6 Å². The van der Waals surface area contributed by atoms with Gasteiger partial charge < -0.3 is 20.3 Å². The molecule has 2 fully saturated rings. The predicted octanol–water partition coefficient (Wildman–Crippen LogP) is 3.63. The van der Waals surface area contributed by atoms with Crippen molar-refractivity contribution in [2.45, 2.75) is 31.7 Å². The molecular formula is C22H27Cl2N5O3. The fraction of sp³-hybridized carbons (Fsp3) is 0.455. The summed E-state index contributed by atoms with van der Waals surface area (Å²) in [6, 6.07) is 7.19. The number of carbonyl (C=O) groups is 2. The number of aromatic nitrogens is 2. The average Bonchev–Trinajstić information content (AvgIpc) is 2.81. The molecule has 0 radical (unpaired) electrons. The normalized spacial score (nSPS) is 17.9. The zero-order valence-electron chi connectivity index (χ0n) is 17.6. The van der Waals surface area contributed by atoms with Gasteiger partial charge in [-0.3, -0.25) is 9.59 Å². The fourth-order valence-corrected chi connectivity index (χ4v) is 4.24. The third-order valence-electron chi connectivity index (χ3n) is 5.86. The molecule has 2 amide bonds. The number of nitrogens with zero attached hydrogens (tertiary/aromatic N) is 3. The van der Waals surface area contributed by atoms with E-state index < -0.39 is 5.91 Å². The lowest BCUT2D eigenvalue weighted by Crippen LogP contribution is -2.45. The van der Waals surface area contributed by atoms with E-state index in [1.165, 1.54) is 12.4 Å². The second kappa shape index (κ2) is 11.6. The van der Waals surface area contributed by atoms with Gasteiger partial charge in [-0.1, -0.05) is 11.6 Å². The molecule has 172 valence electrons. The number of piperidine rings is 1. The summed E-state index contributed by atoms with van der Waals surface area (Å²) in [5.74, 6) is -0.235. The minimum Gasteiger partial charge on any atom is -0.381 e. The molecule has 4 heterocycles. The van der Waals surface area contributed by atoms with Crippen molar-refractivity contribution in [3.05, 3.63) is 47.4 Å². The van der Waals surface area contributed by atoms with E-state index in [-0.39, 0.29) is 29.9 Å². The number of carbonyl (C=O) groups excluding carboxylic acids is 2.